The maximum atomic E-state index is 4.39. The zero-order chi connectivity index (χ0) is 26.1. The molecule has 1 aliphatic rings. The highest BCUT2D eigenvalue weighted by Crippen LogP contribution is 2.30. The van der Waals surface area contributed by atoms with E-state index in [4.69, 9.17) is 0 Å². The first-order valence-corrected chi connectivity index (χ1v) is 15.0. The largest absolute Gasteiger partial charge is 0.0996 e. The summed E-state index contributed by atoms with van der Waals surface area (Å²) in [6.45, 7) is 20.7. The van der Waals surface area contributed by atoms with Gasteiger partial charge in [0.2, 0.25) is 0 Å². The zero-order valence-corrected chi connectivity index (χ0v) is 24.9. The van der Waals surface area contributed by atoms with Crippen molar-refractivity contribution in [1.29, 1.82) is 0 Å². The van der Waals surface area contributed by atoms with Gasteiger partial charge < -0.3 is 0 Å². The summed E-state index contributed by atoms with van der Waals surface area (Å²) in [4.78, 5) is 0. The molecule has 1 aliphatic carbocycles. The normalized spacial score (nSPS) is 18.7. The third kappa shape index (κ3) is 16.9. The second-order valence-corrected chi connectivity index (χ2v) is 12.3. The Bertz CT molecular complexity index is 708. The van der Waals surface area contributed by atoms with Crippen LogP contribution in [0.4, 0.5) is 0 Å². The van der Waals surface area contributed by atoms with Crippen LogP contribution in [0.15, 0.2) is 58.7 Å². The number of hydrogen-bond acceptors (Lipinski definition) is 0. The summed E-state index contributed by atoms with van der Waals surface area (Å²) >= 11 is 0. The maximum absolute atomic E-state index is 4.39. The van der Waals surface area contributed by atoms with Crippen LogP contribution in [0.1, 0.15) is 145 Å². The molecule has 0 spiro atoms. The van der Waals surface area contributed by atoms with Gasteiger partial charge in [0.15, 0.2) is 0 Å². The lowest BCUT2D eigenvalue weighted by Gasteiger charge is -2.22. The molecular weight excluding hydrogens is 420 g/mol. The molecule has 0 saturated carbocycles. The second-order valence-electron chi connectivity index (χ2n) is 12.3. The lowest BCUT2D eigenvalue weighted by Crippen LogP contribution is -2.07. The first-order valence-electron chi connectivity index (χ1n) is 15.0. The molecular formula is C35H60. The molecule has 200 valence electrons. The Balaban J connectivity index is 2.15. The average molecular weight is 481 g/mol. The molecule has 0 fully saturated rings. The Hall–Kier alpha value is -1.30. The van der Waals surface area contributed by atoms with Crippen molar-refractivity contribution < 1.29 is 0 Å². The molecule has 0 unspecified atom stereocenters. The molecule has 0 radical (unpaired) electrons. The van der Waals surface area contributed by atoms with Crippen molar-refractivity contribution in [1.82, 2.24) is 0 Å². The average Bonchev–Trinajstić information content (AvgIpc) is 2.79. The first kappa shape index (κ1) is 31.7. The second kappa shape index (κ2) is 18.9. The van der Waals surface area contributed by atoms with Gasteiger partial charge in [-0.15, -0.1) is 0 Å². The van der Waals surface area contributed by atoms with Crippen LogP contribution >= 0.6 is 0 Å². The Morgan fingerprint density at radius 1 is 0.829 bits per heavy atom. The third-order valence-corrected chi connectivity index (χ3v) is 7.98. The summed E-state index contributed by atoms with van der Waals surface area (Å²) < 4.78 is 0. The van der Waals surface area contributed by atoms with E-state index in [0.29, 0.717) is 0 Å². The van der Waals surface area contributed by atoms with Gasteiger partial charge in [0, 0.05) is 0 Å². The van der Waals surface area contributed by atoms with Crippen LogP contribution in [0.2, 0.25) is 0 Å². The number of allylic oxidation sites excluding steroid dienone is 9. The summed E-state index contributed by atoms with van der Waals surface area (Å²) in [7, 11) is 0. The van der Waals surface area contributed by atoms with Crippen molar-refractivity contribution in [2.45, 2.75) is 145 Å². The van der Waals surface area contributed by atoms with Crippen molar-refractivity contribution in [3.8, 4) is 0 Å². The molecule has 35 heavy (non-hydrogen) atoms. The monoisotopic (exact) mass is 480 g/mol. The van der Waals surface area contributed by atoms with Gasteiger partial charge in [0.25, 0.3) is 0 Å². The SMILES string of the molecule is C=C(CCC=C(C)CCC=C(C)CCC=C(C)CCC[C@@H](C)CCCC(C)C)[C@H]1CC=C(C)CC1. The molecule has 0 amide bonds. The minimum Gasteiger partial charge on any atom is -0.0996 e. The topological polar surface area (TPSA) is 0 Å². The Labute approximate surface area is 221 Å². The fraction of sp³-hybridized carbons (Fsp3) is 0.714. The fourth-order valence-electron chi connectivity index (χ4n) is 5.19. The minimum absolute atomic E-state index is 0.721. The molecule has 0 aliphatic heterocycles. The van der Waals surface area contributed by atoms with Crippen LogP contribution in [0.3, 0.4) is 0 Å². The maximum Gasteiger partial charge on any atom is -0.0168 e. The zero-order valence-electron chi connectivity index (χ0n) is 24.9. The highest BCUT2D eigenvalue weighted by molar-refractivity contribution is 5.13. The number of hydrogen-bond donors (Lipinski definition) is 0. The van der Waals surface area contributed by atoms with E-state index in [9.17, 15) is 0 Å². The van der Waals surface area contributed by atoms with E-state index in [1.807, 2.05) is 0 Å². The third-order valence-electron chi connectivity index (χ3n) is 7.98. The lowest BCUT2D eigenvalue weighted by molar-refractivity contribution is 0.427. The molecule has 2 atom stereocenters. The molecule has 0 aromatic rings. The van der Waals surface area contributed by atoms with Crippen LogP contribution in [-0.2, 0) is 0 Å². The first-order chi connectivity index (χ1) is 16.7. The van der Waals surface area contributed by atoms with Crippen molar-refractivity contribution in [2.24, 2.45) is 17.8 Å². The van der Waals surface area contributed by atoms with Crippen LogP contribution in [-0.4, -0.2) is 0 Å². The highest BCUT2D eigenvalue weighted by Gasteiger charge is 2.14. The van der Waals surface area contributed by atoms with Crippen LogP contribution in [0.25, 0.3) is 0 Å². The Morgan fingerprint density at radius 3 is 1.91 bits per heavy atom. The molecule has 0 nitrogen and oxygen atoms in total. The molecule has 0 N–H and O–H groups in total. The highest BCUT2D eigenvalue weighted by atomic mass is 14.2. The summed E-state index contributed by atoms with van der Waals surface area (Å²) in [5.74, 6) is 2.47. The van der Waals surface area contributed by atoms with Crippen molar-refractivity contribution in [3.63, 3.8) is 0 Å². The molecule has 0 heterocycles. The van der Waals surface area contributed by atoms with Gasteiger partial charge in [-0.2, -0.15) is 0 Å². The van der Waals surface area contributed by atoms with Gasteiger partial charge in [-0.1, -0.05) is 105 Å². The van der Waals surface area contributed by atoms with E-state index in [0.717, 1.165) is 30.6 Å². The molecule has 1 rings (SSSR count). The van der Waals surface area contributed by atoms with Crippen LogP contribution in [0, 0.1) is 17.8 Å². The van der Waals surface area contributed by atoms with Crippen LogP contribution < -0.4 is 0 Å². The smallest absolute Gasteiger partial charge is 0.0168 e. The fourth-order valence-corrected chi connectivity index (χ4v) is 5.19. The van der Waals surface area contributed by atoms with Gasteiger partial charge in [0.05, 0.1) is 0 Å². The van der Waals surface area contributed by atoms with Crippen molar-refractivity contribution >= 4 is 0 Å². The van der Waals surface area contributed by atoms with Crippen LogP contribution in [0.5, 0.6) is 0 Å². The number of rotatable bonds is 18. The van der Waals surface area contributed by atoms with E-state index in [-0.39, 0.29) is 0 Å². The summed E-state index contributed by atoms with van der Waals surface area (Å²) in [5, 5.41) is 0. The van der Waals surface area contributed by atoms with Gasteiger partial charge in [0.1, 0.15) is 0 Å². The van der Waals surface area contributed by atoms with Crippen molar-refractivity contribution in [3.05, 3.63) is 58.7 Å². The van der Waals surface area contributed by atoms with E-state index >= 15 is 0 Å². The van der Waals surface area contributed by atoms with Gasteiger partial charge >= 0.3 is 0 Å². The molecule has 0 aromatic heterocycles. The molecule has 0 bridgehead atoms. The van der Waals surface area contributed by atoms with E-state index in [1.54, 1.807) is 16.7 Å². The molecule has 0 aromatic carbocycles. The minimum atomic E-state index is 0.721. The summed E-state index contributed by atoms with van der Waals surface area (Å²) in [5.41, 5.74) is 7.71. The molecule has 0 saturated heterocycles. The quantitative estimate of drug-likeness (QED) is 0.171. The summed E-state index contributed by atoms with van der Waals surface area (Å²) in [6.07, 6.45) is 28.9. The molecule has 0 heteroatoms. The summed E-state index contributed by atoms with van der Waals surface area (Å²) in [6, 6.07) is 0. The predicted octanol–water partition coefficient (Wildman–Crippen LogP) is 12.1. The van der Waals surface area contributed by atoms with Gasteiger partial charge in [-0.25, -0.2) is 0 Å². The van der Waals surface area contributed by atoms with E-state index in [2.05, 4.69) is 79.3 Å². The lowest BCUT2D eigenvalue weighted by atomic mass is 9.83. The van der Waals surface area contributed by atoms with Gasteiger partial charge in [-0.3, -0.25) is 0 Å². The Morgan fingerprint density at radius 2 is 1.37 bits per heavy atom. The predicted molar refractivity (Wildman–Crippen MR) is 161 cm³/mol. The van der Waals surface area contributed by atoms with E-state index in [1.165, 1.54) is 94.6 Å². The van der Waals surface area contributed by atoms with Crippen molar-refractivity contribution in [2.75, 3.05) is 0 Å². The Kier molecular flexibility index (Phi) is 17.1. The van der Waals surface area contributed by atoms with Gasteiger partial charge in [-0.05, 0) is 116 Å². The standard InChI is InChI=1S/C35H60/c1-28(2)14-9-15-29(3)16-10-17-30(4)18-11-19-31(5)20-12-21-32(6)22-13-23-34(8)35-26-24-33(7)25-27-35/h18,20,22,24,28-29,35H,8-17,19,21,23,25-27H2,1-7H3/t29-,35-/m0/s1. The van der Waals surface area contributed by atoms with E-state index < -0.39 is 0 Å².